The Labute approximate surface area is 121 Å². The molecule has 0 fully saturated rings. The molecule has 5 heteroatoms. The summed E-state index contributed by atoms with van der Waals surface area (Å²) in [6.07, 6.45) is 1.09. The van der Waals surface area contributed by atoms with Gasteiger partial charge in [0.2, 0.25) is 0 Å². The predicted octanol–water partition coefficient (Wildman–Crippen LogP) is 2.72. The van der Waals surface area contributed by atoms with Crippen molar-refractivity contribution >= 4 is 5.69 Å². The molecule has 0 spiro atoms. The number of hydrogen-bond donors (Lipinski definition) is 1. The van der Waals surface area contributed by atoms with E-state index < -0.39 is 0 Å². The first-order valence-corrected chi connectivity index (χ1v) is 7.26. The Hall–Kier alpha value is -1.46. The van der Waals surface area contributed by atoms with Gasteiger partial charge < -0.3 is 10.2 Å². The van der Waals surface area contributed by atoms with Gasteiger partial charge in [0.25, 0.3) is 5.69 Å². The van der Waals surface area contributed by atoms with E-state index in [9.17, 15) is 10.1 Å². The van der Waals surface area contributed by atoms with Gasteiger partial charge in [-0.3, -0.25) is 10.1 Å². The highest BCUT2D eigenvalue weighted by molar-refractivity contribution is 5.44. The Balaban J connectivity index is 2.39. The molecule has 0 bridgehead atoms. The third-order valence-corrected chi connectivity index (χ3v) is 3.65. The molecule has 0 aromatic heterocycles. The minimum absolute atomic E-state index is 0.201. The van der Waals surface area contributed by atoms with E-state index in [1.807, 2.05) is 13.0 Å². The van der Waals surface area contributed by atoms with E-state index in [0.29, 0.717) is 6.54 Å². The summed E-state index contributed by atoms with van der Waals surface area (Å²) in [6.45, 7) is 11.0. The normalized spacial score (nSPS) is 11.0. The third kappa shape index (κ3) is 4.90. The molecule has 1 aromatic carbocycles. The highest BCUT2D eigenvalue weighted by atomic mass is 16.6. The highest BCUT2D eigenvalue weighted by Gasteiger charge is 2.12. The Morgan fingerprint density at radius 2 is 2.00 bits per heavy atom. The van der Waals surface area contributed by atoms with Crippen LogP contribution in [0.2, 0.25) is 0 Å². The fourth-order valence-corrected chi connectivity index (χ4v) is 2.25. The molecule has 1 aromatic rings. The maximum Gasteiger partial charge on any atom is 0.272 e. The van der Waals surface area contributed by atoms with Crippen molar-refractivity contribution in [2.75, 3.05) is 26.2 Å². The molecule has 5 nitrogen and oxygen atoms in total. The number of nitrogens with zero attached hydrogens (tertiary/aromatic N) is 2. The van der Waals surface area contributed by atoms with Crippen LogP contribution in [0.1, 0.15) is 31.4 Å². The lowest BCUT2D eigenvalue weighted by Gasteiger charge is -2.17. The van der Waals surface area contributed by atoms with Crippen molar-refractivity contribution in [3.05, 3.63) is 39.4 Å². The van der Waals surface area contributed by atoms with E-state index in [1.165, 1.54) is 0 Å². The summed E-state index contributed by atoms with van der Waals surface area (Å²) in [4.78, 5) is 12.9. The zero-order chi connectivity index (χ0) is 15.0. The van der Waals surface area contributed by atoms with Crippen molar-refractivity contribution in [2.24, 2.45) is 0 Å². The molecule has 0 saturated carbocycles. The van der Waals surface area contributed by atoms with E-state index >= 15 is 0 Å². The average molecular weight is 279 g/mol. The summed E-state index contributed by atoms with van der Waals surface area (Å²) < 4.78 is 0. The number of nitrogens with one attached hydrogen (secondary N) is 1. The van der Waals surface area contributed by atoms with Crippen molar-refractivity contribution in [1.29, 1.82) is 0 Å². The second kappa shape index (κ2) is 8.66. The Bertz CT molecular complexity index is 431. The molecule has 0 aliphatic carbocycles. The van der Waals surface area contributed by atoms with Crippen molar-refractivity contribution < 1.29 is 4.92 Å². The molecule has 0 heterocycles. The van der Waals surface area contributed by atoms with Crippen LogP contribution in [-0.2, 0) is 6.54 Å². The van der Waals surface area contributed by atoms with Gasteiger partial charge in [0.05, 0.1) is 4.92 Å². The summed E-state index contributed by atoms with van der Waals surface area (Å²) in [7, 11) is 0. The SMILES string of the molecule is CCN(CC)CCCNCc1cccc([N+](=O)[O-])c1C. The number of rotatable bonds is 9. The molecule has 0 radical (unpaired) electrons. The molecule has 0 amide bonds. The van der Waals surface area contributed by atoms with E-state index in [0.717, 1.165) is 43.7 Å². The lowest BCUT2D eigenvalue weighted by atomic mass is 10.1. The van der Waals surface area contributed by atoms with Gasteiger partial charge in [-0.1, -0.05) is 26.0 Å². The van der Waals surface area contributed by atoms with Crippen LogP contribution in [0.5, 0.6) is 0 Å². The first kappa shape index (κ1) is 16.6. The first-order valence-electron chi connectivity index (χ1n) is 7.26. The molecule has 20 heavy (non-hydrogen) atoms. The maximum absolute atomic E-state index is 10.9. The van der Waals surface area contributed by atoms with Gasteiger partial charge in [-0.2, -0.15) is 0 Å². The van der Waals surface area contributed by atoms with Gasteiger partial charge in [0, 0.05) is 18.2 Å². The summed E-state index contributed by atoms with van der Waals surface area (Å²) in [5.74, 6) is 0. The molecular formula is C15H25N3O2. The number of hydrogen-bond acceptors (Lipinski definition) is 4. The smallest absolute Gasteiger partial charge is 0.272 e. The van der Waals surface area contributed by atoms with Gasteiger partial charge >= 0.3 is 0 Å². The Kier molecular flexibility index (Phi) is 7.18. The molecular weight excluding hydrogens is 254 g/mol. The summed E-state index contributed by atoms with van der Waals surface area (Å²) >= 11 is 0. The van der Waals surface area contributed by atoms with Crippen LogP contribution in [0, 0.1) is 17.0 Å². The largest absolute Gasteiger partial charge is 0.313 e. The number of benzene rings is 1. The standard InChI is InChI=1S/C15H25N3O2/c1-4-17(5-2)11-7-10-16-12-14-8-6-9-15(13(14)3)18(19)20/h6,8-9,16H,4-5,7,10-12H2,1-3H3. The summed E-state index contributed by atoms with van der Waals surface area (Å²) in [5, 5.41) is 14.2. The highest BCUT2D eigenvalue weighted by Crippen LogP contribution is 2.20. The van der Waals surface area contributed by atoms with Crippen molar-refractivity contribution in [3.8, 4) is 0 Å². The molecule has 112 valence electrons. The van der Waals surface area contributed by atoms with Crippen molar-refractivity contribution in [2.45, 2.75) is 33.7 Å². The number of nitro groups is 1. The van der Waals surface area contributed by atoms with Crippen LogP contribution in [0.15, 0.2) is 18.2 Å². The van der Waals surface area contributed by atoms with E-state index in [2.05, 4.69) is 24.1 Å². The quantitative estimate of drug-likeness (QED) is 0.429. The zero-order valence-corrected chi connectivity index (χ0v) is 12.7. The molecule has 0 aliphatic rings. The monoisotopic (exact) mass is 279 g/mol. The van der Waals surface area contributed by atoms with Crippen LogP contribution in [0.3, 0.4) is 0 Å². The number of nitro benzene ring substituents is 1. The van der Waals surface area contributed by atoms with Crippen LogP contribution < -0.4 is 5.32 Å². The molecule has 1 rings (SSSR count). The molecule has 0 atom stereocenters. The Morgan fingerprint density at radius 3 is 2.60 bits per heavy atom. The predicted molar refractivity (Wildman–Crippen MR) is 81.9 cm³/mol. The lowest BCUT2D eigenvalue weighted by Crippen LogP contribution is -2.27. The van der Waals surface area contributed by atoms with Gasteiger partial charge in [0.15, 0.2) is 0 Å². The topological polar surface area (TPSA) is 58.4 Å². The fourth-order valence-electron chi connectivity index (χ4n) is 2.25. The summed E-state index contributed by atoms with van der Waals surface area (Å²) in [5.41, 5.74) is 1.96. The molecule has 0 unspecified atom stereocenters. The summed E-state index contributed by atoms with van der Waals surface area (Å²) in [6, 6.07) is 5.25. The van der Waals surface area contributed by atoms with Gasteiger partial charge in [-0.15, -0.1) is 0 Å². The van der Waals surface area contributed by atoms with Gasteiger partial charge in [-0.05, 0) is 45.1 Å². The second-order valence-electron chi connectivity index (χ2n) is 4.88. The third-order valence-electron chi connectivity index (χ3n) is 3.65. The van der Waals surface area contributed by atoms with Crippen LogP contribution in [0.25, 0.3) is 0 Å². The van der Waals surface area contributed by atoms with Gasteiger partial charge in [0.1, 0.15) is 0 Å². The minimum Gasteiger partial charge on any atom is -0.313 e. The minimum atomic E-state index is -0.320. The molecule has 1 N–H and O–H groups in total. The van der Waals surface area contributed by atoms with Crippen molar-refractivity contribution in [1.82, 2.24) is 10.2 Å². The zero-order valence-electron chi connectivity index (χ0n) is 12.7. The second-order valence-corrected chi connectivity index (χ2v) is 4.88. The van der Waals surface area contributed by atoms with Crippen LogP contribution in [0.4, 0.5) is 5.69 Å². The molecule has 0 aliphatic heterocycles. The fraction of sp³-hybridized carbons (Fsp3) is 0.600. The van der Waals surface area contributed by atoms with E-state index in [-0.39, 0.29) is 10.6 Å². The van der Waals surface area contributed by atoms with Gasteiger partial charge in [-0.25, -0.2) is 0 Å². The Morgan fingerprint density at radius 1 is 1.30 bits per heavy atom. The molecule has 0 saturated heterocycles. The lowest BCUT2D eigenvalue weighted by molar-refractivity contribution is -0.385. The maximum atomic E-state index is 10.9. The van der Waals surface area contributed by atoms with Crippen LogP contribution >= 0.6 is 0 Å². The van der Waals surface area contributed by atoms with E-state index in [4.69, 9.17) is 0 Å². The first-order chi connectivity index (χ1) is 9.60. The van der Waals surface area contributed by atoms with Crippen LogP contribution in [-0.4, -0.2) is 36.0 Å². The van der Waals surface area contributed by atoms with E-state index in [1.54, 1.807) is 12.1 Å². The average Bonchev–Trinajstić information content (AvgIpc) is 2.44. The van der Waals surface area contributed by atoms with Crippen molar-refractivity contribution in [3.63, 3.8) is 0 Å².